The van der Waals surface area contributed by atoms with Gasteiger partial charge in [-0.3, -0.25) is 4.79 Å². The van der Waals surface area contributed by atoms with E-state index in [-0.39, 0.29) is 5.91 Å². The highest BCUT2D eigenvalue weighted by molar-refractivity contribution is 6.30. The van der Waals surface area contributed by atoms with Crippen LogP contribution in [0, 0.1) is 12.8 Å². The number of hydrogen-bond acceptors (Lipinski definition) is 3. The second-order valence-corrected chi connectivity index (χ2v) is 8.55. The number of carbonyl (C=O) groups excluding carboxylic acids is 1. The number of amides is 1. The number of aryl methyl sites for hydroxylation is 1. The first kappa shape index (κ1) is 22.7. The van der Waals surface area contributed by atoms with Gasteiger partial charge in [-0.1, -0.05) is 61.3 Å². The molecule has 5 heteroatoms. The second kappa shape index (κ2) is 10.9. The summed E-state index contributed by atoms with van der Waals surface area (Å²) in [5, 5.41) is 7.01. The van der Waals surface area contributed by atoms with Gasteiger partial charge in [0, 0.05) is 34.9 Å². The highest BCUT2D eigenvalue weighted by Gasteiger charge is 2.08. The monoisotopic (exact) mass is 436 g/mol. The maximum atomic E-state index is 12.0. The Morgan fingerprint density at radius 1 is 1.00 bits per heavy atom. The zero-order valence-electron chi connectivity index (χ0n) is 18.2. The zero-order valence-corrected chi connectivity index (χ0v) is 19.0. The number of benzene rings is 3. The van der Waals surface area contributed by atoms with Gasteiger partial charge in [-0.2, -0.15) is 0 Å². The van der Waals surface area contributed by atoms with Crippen molar-refractivity contribution in [3.05, 3.63) is 88.4 Å². The van der Waals surface area contributed by atoms with Crippen LogP contribution >= 0.6 is 11.6 Å². The summed E-state index contributed by atoms with van der Waals surface area (Å²) in [6.45, 7) is 7.17. The van der Waals surface area contributed by atoms with E-state index in [4.69, 9.17) is 16.3 Å². The van der Waals surface area contributed by atoms with Crippen molar-refractivity contribution in [3.8, 4) is 5.75 Å². The van der Waals surface area contributed by atoms with Crippen molar-refractivity contribution >= 4 is 28.9 Å². The number of rotatable bonds is 9. The lowest BCUT2D eigenvalue weighted by Gasteiger charge is -2.14. The van der Waals surface area contributed by atoms with Crippen molar-refractivity contribution in [2.75, 3.05) is 10.6 Å². The molecule has 31 heavy (non-hydrogen) atoms. The zero-order chi connectivity index (χ0) is 22.2. The predicted octanol–water partition coefficient (Wildman–Crippen LogP) is 6.82. The molecule has 0 atom stereocenters. The minimum atomic E-state index is 0.0221. The molecule has 0 unspecified atom stereocenters. The SMILES string of the molecule is Cc1cccc(COc2ccc(Cl)cc2CNc2cccc(NC(=O)CC(C)C)c2)c1. The standard InChI is InChI=1S/C26H29ClN2O2/c1-18(2)12-26(30)29-24-9-5-8-23(15-24)28-16-21-14-22(27)10-11-25(21)31-17-20-7-4-6-19(3)13-20/h4-11,13-15,18,28H,12,16-17H2,1-3H3,(H,29,30). The molecule has 0 heterocycles. The van der Waals surface area contributed by atoms with Gasteiger partial charge in [0.15, 0.2) is 0 Å². The van der Waals surface area contributed by atoms with Crippen molar-refractivity contribution in [1.82, 2.24) is 0 Å². The molecule has 3 aromatic rings. The predicted molar refractivity (Wildman–Crippen MR) is 129 cm³/mol. The van der Waals surface area contributed by atoms with Gasteiger partial charge in [0.2, 0.25) is 5.91 Å². The number of anilines is 2. The van der Waals surface area contributed by atoms with Gasteiger partial charge in [0.05, 0.1) is 0 Å². The number of nitrogens with one attached hydrogen (secondary N) is 2. The molecule has 0 aliphatic heterocycles. The summed E-state index contributed by atoms with van der Waals surface area (Å²) in [4.78, 5) is 12.0. The van der Waals surface area contributed by atoms with Gasteiger partial charge in [-0.15, -0.1) is 0 Å². The largest absolute Gasteiger partial charge is 0.489 e. The van der Waals surface area contributed by atoms with Crippen molar-refractivity contribution in [2.24, 2.45) is 5.92 Å². The molecule has 2 N–H and O–H groups in total. The van der Waals surface area contributed by atoms with E-state index in [0.717, 1.165) is 28.3 Å². The van der Waals surface area contributed by atoms with Crippen LogP contribution in [-0.4, -0.2) is 5.91 Å². The number of carbonyl (C=O) groups is 1. The summed E-state index contributed by atoms with van der Waals surface area (Å²) < 4.78 is 6.08. The average Bonchev–Trinajstić information content (AvgIpc) is 2.71. The van der Waals surface area contributed by atoms with Gasteiger partial charge in [0.25, 0.3) is 0 Å². The average molecular weight is 437 g/mol. The van der Waals surface area contributed by atoms with Crippen LogP contribution in [0.3, 0.4) is 0 Å². The Balaban J connectivity index is 1.65. The van der Waals surface area contributed by atoms with E-state index in [1.165, 1.54) is 5.56 Å². The molecule has 0 aliphatic carbocycles. The summed E-state index contributed by atoms with van der Waals surface area (Å²) in [7, 11) is 0. The van der Waals surface area contributed by atoms with Crippen molar-refractivity contribution in [1.29, 1.82) is 0 Å². The van der Waals surface area contributed by atoms with Gasteiger partial charge >= 0.3 is 0 Å². The highest BCUT2D eigenvalue weighted by Crippen LogP contribution is 2.26. The molecule has 4 nitrogen and oxygen atoms in total. The van der Waals surface area contributed by atoms with Crippen LogP contribution < -0.4 is 15.4 Å². The van der Waals surface area contributed by atoms with Crippen LogP contribution in [0.25, 0.3) is 0 Å². The van der Waals surface area contributed by atoms with E-state index in [9.17, 15) is 4.79 Å². The van der Waals surface area contributed by atoms with Crippen LogP contribution in [0.5, 0.6) is 5.75 Å². The molecule has 3 rings (SSSR count). The molecule has 1 amide bonds. The Labute approximate surface area is 189 Å². The Kier molecular flexibility index (Phi) is 7.96. The number of halogens is 1. The van der Waals surface area contributed by atoms with Crippen LogP contribution in [0.4, 0.5) is 11.4 Å². The molecule has 0 saturated carbocycles. The molecule has 3 aromatic carbocycles. The topological polar surface area (TPSA) is 50.4 Å². The third-order valence-electron chi connectivity index (χ3n) is 4.72. The quantitative estimate of drug-likeness (QED) is 0.386. The van der Waals surface area contributed by atoms with E-state index < -0.39 is 0 Å². The third kappa shape index (κ3) is 7.34. The summed E-state index contributed by atoms with van der Waals surface area (Å²) >= 11 is 6.23. The van der Waals surface area contributed by atoms with Crippen molar-refractivity contribution in [3.63, 3.8) is 0 Å². The maximum Gasteiger partial charge on any atom is 0.224 e. The van der Waals surface area contributed by atoms with Crippen LogP contribution in [0.15, 0.2) is 66.7 Å². The van der Waals surface area contributed by atoms with Gasteiger partial charge in [-0.05, 0) is 54.8 Å². The first-order valence-electron chi connectivity index (χ1n) is 10.5. The Morgan fingerprint density at radius 2 is 1.77 bits per heavy atom. The molecular weight excluding hydrogens is 408 g/mol. The molecular formula is C26H29ClN2O2. The van der Waals surface area contributed by atoms with E-state index in [1.54, 1.807) is 0 Å². The van der Waals surface area contributed by atoms with Crippen molar-refractivity contribution < 1.29 is 9.53 Å². The van der Waals surface area contributed by atoms with Crippen molar-refractivity contribution in [2.45, 2.75) is 40.3 Å². The number of ether oxygens (including phenoxy) is 1. The smallest absolute Gasteiger partial charge is 0.224 e. The first-order valence-corrected chi connectivity index (χ1v) is 10.9. The fraction of sp³-hybridized carbons (Fsp3) is 0.269. The molecule has 0 fully saturated rings. The fourth-order valence-corrected chi connectivity index (χ4v) is 3.47. The lowest BCUT2D eigenvalue weighted by molar-refractivity contribution is -0.116. The lowest BCUT2D eigenvalue weighted by Crippen LogP contribution is -2.14. The Bertz CT molecular complexity index is 1030. The normalized spacial score (nSPS) is 10.7. The molecule has 0 aliphatic rings. The maximum absolute atomic E-state index is 12.0. The minimum Gasteiger partial charge on any atom is -0.489 e. The lowest BCUT2D eigenvalue weighted by atomic mass is 10.1. The molecule has 0 aromatic heterocycles. The molecule has 0 radical (unpaired) electrons. The molecule has 0 spiro atoms. The third-order valence-corrected chi connectivity index (χ3v) is 4.96. The summed E-state index contributed by atoms with van der Waals surface area (Å²) in [6.07, 6.45) is 0.502. The highest BCUT2D eigenvalue weighted by atomic mass is 35.5. The molecule has 162 valence electrons. The van der Waals surface area contributed by atoms with E-state index in [1.807, 2.05) is 62.4 Å². The first-order chi connectivity index (χ1) is 14.9. The summed E-state index contributed by atoms with van der Waals surface area (Å²) in [6, 6.07) is 21.6. The second-order valence-electron chi connectivity index (χ2n) is 8.11. The van der Waals surface area contributed by atoms with Crippen LogP contribution in [0.2, 0.25) is 5.02 Å². The summed E-state index contributed by atoms with van der Waals surface area (Å²) in [5.41, 5.74) is 4.98. The minimum absolute atomic E-state index is 0.0221. The molecule has 0 saturated heterocycles. The fourth-order valence-electron chi connectivity index (χ4n) is 3.28. The Morgan fingerprint density at radius 3 is 2.55 bits per heavy atom. The Hall–Kier alpha value is -2.98. The number of hydrogen-bond donors (Lipinski definition) is 2. The van der Waals surface area contributed by atoms with Crippen LogP contribution in [-0.2, 0) is 17.9 Å². The van der Waals surface area contributed by atoms with E-state index in [2.05, 4.69) is 35.8 Å². The van der Waals surface area contributed by atoms with Gasteiger partial charge < -0.3 is 15.4 Å². The summed E-state index contributed by atoms with van der Waals surface area (Å²) in [5.74, 6) is 1.14. The van der Waals surface area contributed by atoms with Crippen LogP contribution in [0.1, 0.15) is 37.0 Å². The van der Waals surface area contributed by atoms with E-state index >= 15 is 0 Å². The van der Waals surface area contributed by atoms with Gasteiger partial charge in [0.1, 0.15) is 12.4 Å². The van der Waals surface area contributed by atoms with Gasteiger partial charge in [-0.25, -0.2) is 0 Å². The molecule has 0 bridgehead atoms. The van der Waals surface area contributed by atoms with E-state index in [0.29, 0.717) is 30.5 Å².